The van der Waals surface area contributed by atoms with Crippen LogP contribution in [0.25, 0.3) is 0 Å². The number of nitrogens with zero attached hydrogens (tertiary/aromatic N) is 2. The van der Waals surface area contributed by atoms with Gasteiger partial charge in [0.25, 0.3) is 0 Å². The fraction of sp³-hybridized carbons (Fsp3) is 0.435. The first kappa shape index (κ1) is 22.4. The van der Waals surface area contributed by atoms with Crippen LogP contribution < -0.4 is 15.1 Å². The van der Waals surface area contributed by atoms with Gasteiger partial charge in [-0.2, -0.15) is 13.2 Å². The van der Waals surface area contributed by atoms with Crippen LogP contribution in [0.15, 0.2) is 42.5 Å². The lowest BCUT2D eigenvalue weighted by atomic mass is 9.82. The monoisotopic (exact) mass is 451 g/mol. The van der Waals surface area contributed by atoms with E-state index in [1.165, 1.54) is 25.3 Å². The highest BCUT2D eigenvalue weighted by molar-refractivity contribution is 5.82. The normalized spacial score (nSPS) is 20.5. The van der Waals surface area contributed by atoms with E-state index >= 15 is 0 Å². The maximum absolute atomic E-state index is 13.3. The first-order valence-electron chi connectivity index (χ1n) is 10.5. The van der Waals surface area contributed by atoms with Crippen LogP contribution in [-0.2, 0) is 22.1 Å². The molecule has 9 heteroatoms. The Balaban J connectivity index is 1.64. The van der Waals surface area contributed by atoms with Crippen LogP contribution in [0.2, 0.25) is 0 Å². The third kappa shape index (κ3) is 4.53. The van der Waals surface area contributed by atoms with Crippen LogP contribution >= 0.6 is 0 Å². The molecule has 172 valence electrons. The third-order valence-corrected chi connectivity index (χ3v) is 6.17. The van der Waals surface area contributed by atoms with Gasteiger partial charge in [0.05, 0.1) is 24.1 Å². The van der Waals surface area contributed by atoms with Gasteiger partial charge in [-0.1, -0.05) is 0 Å². The largest absolute Gasteiger partial charge is 0.416 e. The summed E-state index contributed by atoms with van der Waals surface area (Å²) in [6.45, 7) is 2.34. The fourth-order valence-electron chi connectivity index (χ4n) is 4.59. The summed E-state index contributed by atoms with van der Waals surface area (Å²) in [6, 6.07) is 9.74. The van der Waals surface area contributed by atoms with Crippen LogP contribution in [0, 0.1) is 11.7 Å². The summed E-state index contributed by atoms with van der Waals surface area (Å²) in [5.41, 5.74) is 1.40. The van der Waals surface area contributed by atoms with E-state index in [4.69, 9.17) is 4.74 Å². The number of piperazine rings is 1. The van der Waals surface area contributed by atoms with Crippen LogP contribution in [0.3, 0.4) is 0 Å². The van der Waals surface area contributed by atoms with Crippen LogP contribution in [-0.4, -0.2) is 51.8 Å². The summed E-state index contributed by atoms with van der Waals surface area (Å²) < 4.78 is 58.2. The molecule has 2 aromatic carbocycles. The van der Waals surface area contributed by atoms with Crippen molar-refractivity contribution in [1.29, 1.82) is 0 Å². The number of alkyl halides is 3. The molecule has 0 aromatic heterocycles. The Labute approximate surface area is 183 Å². The van der Waals surface area contributed by atoms with E-state index in [0.29, 0.717) is 38.3 Å². The van der Waals surface area contributed by atoms with Crippen molar-refractivity contribution >= 4 is 17.3 Å². The number of amides is 1. The van der Waals surface area contributed by atoms with Gasteiger partial charge in [0.15, 0.2) is 0 Å². The molecule has 0 unspecified atom stereocenters. The predicted molar refractivity (Wildman–Crippen MR) is 113 cm³/mol. The molecular weight excluding hydrogens is 426 g/mol. The lowest BCUT2D eigenvalue weighted by Crippen LogP contribution is -2.61. The second kappa shape index (κ2) is 8.97. The second-order valence-corrected chi connectivity index (χ2v) is 8.12. The number of halogens is 4. The molecule has 2 aliphatic heterocycles. The number of anilines is 2. The molecule has 1 amide bonds. The van der Waals surface area contributed by atoms with E-state index in [9.17, 15) is 22.4 Å². The zero-order valence-electron chi connectivity index (χ0n) is 17.7. The molecule has 2 heterocycles. The molecule has 0 bridgehead atoms. The number of rotatable bonds is 5. The average Bonchev–Trinajstić information content (AvgIpc) is 2.77. The number of nitrogens with one attached hydrogen (secondary N) is 1. The van der Waals surface area contributed by atoms with Crippen molar-refractivity contribution in [2.45, 2.75) is 18.6 Å². The van der Waals surface area contributed by atoms with Crippen molar-refractivity contribution in [2.24, 2.45) is 5.92 Å². The summed E-state index contributed by atoms with van der Waals surface area (Å²) in [5, 5.41) is 2.84. The van der Waals surface area contributed by atoms with Gasteiger partial charge in [0.2, 0.25) is 5.91 Å². The van der Waals surface area contributed by atoms with Crippen LogP contribution in [0.4, 0.5) is 28.9 Å². The van der Waals surface area contributed by atoms with E-state index in [1.54, 1.807) is 12.1 Å². The molecule has 2 aromatic rings. The van der Waals surface area contributed by atoms with Crippen molar-refractivity contribution in [2.75, 3.05) is 49.7 Å². The minimum Gasteiger partial charge on any atom is -0.383 e. The standard InChI is InChI=1S/C23H25F4N3O2/c1-32-11-8-28-22(31)19-13-15-12-16(23(25,26)27)2-7-20(15)30-10-9-29(14-21(19)30)18-5-3-17(24)4-6-18/h2-7,12,19,21H,8-11,13-14H2,1H3,(H,28,31)/t19-,21-/m1/s1. The Hall–Kier alpha value is -2.81. The molecule has 32 heavy (non-hydrogen) atoms. The highest BCUT2D eigenvalue weighted by Gasteiger charge is 2.42. The van der Waals surface area contributed by atoms with Crippen molar-refractivity contribution in [3.05, 3.63) is 59.4 Å². The van der Waals surface area contributed by atoms with Gasteiger partial charge in [-0.3, -0.25) is 4.79 Å². The lowest BCUT2D eigenvalue weighted by Gasteiger charge is -2.49. The summed E-state index contributed by atoms with van der Waals surface area (Å²) in [4.78, 5) is 17.2. The highest BCUT2D eigenvalue weighted by Crippen LogP contribution is 2.40. The molecule has 1 N–H and O–H groups in total. The number of ether oxygens (including phenoxy) is 1. The van der Waals surface area contributed by atoms with E-state index < -0.39 is 17.7 Å². The minimum absolute atomic E-state index is 0.207. The van der Waals surface area contributed by atoms with Gasteiger partial charge in [-0.05, 0) is 54.4 Å². The number of benzene rings is 2. The van der Waals surface area contributed by atoms with Gasteiger partial charge in [0.1, 0.15) is 5.82 Å². The van der Waals surface area contributed by atoms with Crippen molar-refractivity contribution < 1.29 is 27.1 Å². The summed E-state index contributed by atoms with van der Waals surface area (Å²) in [6.07, 6.45) is -4.22. The Morgan fingerprint density at radius 1 is 1.16 bits per heavy atom. The molecule has 2 aliphatic rings. The van der Waals surface area contributed by atoms with Gasteiger partial charge in [-0.15, -0.1) is 0 Å². The Kier molecular flexibility index (Phi) is 6.28. The molecule has 0 aliphatic carbocycles. The first-order valence-corrected chi connectivity index (χ1v) is 10.5. The van der Waals surface area contributed by atoms with Gasteiger partial charge in [0, 0.05) is 44.7 Å². The number of carbonyl (C=O) groups excluding carboxylic acids is 1. The Morgan fingerprint density at radius 2 is 1.91 bits per heavy atom. The zero-order valence-corrected chi connectivity index (χ0v) is 17.7. The highest BCUT2D eigenvalue weighted by atomic mass is 19.4. The van der Waals surface area contributed by atoms with Crippen molar-refractivity contribution in [3.8, 4) is 0 Å². The lowest BCUT2D eigenvalue weighted by molar-refractivity contribution is -0.137. The number of hydrogen-bond acceptors (Lipinski definition) is 4. The van der Waals surface area contributed by atoms with Gasteiger partial charge < -0.3 is 19.9 Å². The molecule has 1 fully saturated rings. The molecule has 0 radical (unpaired) electrons. The number of fused-ring (bicyclic) bond motifs is 3. The smallest absolute Gasteiger partial charge is 0.383 e. The van der Waals surface area contributed by atoms with Crippen molar-refractivity contribution in [3.63, 3.8) is 0 Å². The summed E-state index contributed by atoms with van der Waals surface area (Å²) in [7, 11) is 1.53. The van der Waals surface area contributed by atoms with Crippen molar-refractivity contribution in [1.82, 2.24) is 5.32 Å². The summed E-state index contributed by atoms with van der Waals surface area (Å²) >= 11 is 0. The second-order valence-electron chi connectivity index (χ2n) is 8.12. The van der Waals surface area contributed by atoms with E-state index in [2.05, 4.69) is 10.2 Å². The summed E-state index contributed by atoms with van der Waals surface area (Å²) in [5.74, 6) is -1.05. The number of methoxy groups -OCH3 is 1. The minimum atomic E-state index is -4.44. The maximum atomic E-state index is 13.3. The molecule has 0 spiro atoms. The predicted octanol–water partition coefficient (Wildman–Crippen LogP) is 3.47. The Bertz CT molecular complexity index is 965. The van der Waals surface area contributed by atoms with Gasteiger partial charge >= 0.3 is 6.18 Å². The SMILES string of the molecule is COCCNC(=O)[C@@H]1Cc2cc(C(F)(F)F)ccc2N2CCN(c3ccc(F)cc3)C[C@H]12. The number of carbonyl (C=O) groups is 1. The Morgan fingerprint density at radius 3 is 2.59 bits per heavy atom. The zero-order chi connectivity index (χ0) is 22.9. The molecule has 1 saturated heterocycles. The van der Waals surface area contributed by atoms with Crippen LogP contribution in [0.1, 0.15) is 11.1 Å². The quantitative estimate of drug-likeness (QED) is 0.559. The molecule has 5 nitrogen and oxygen atoms in total. The van der Waals surface area contributed by atoms with E-state index in [-0.39, 0.29) is 24.2 Å². The maximum Gasteiger partial charge on any atom is 0.416 e. The fourth-order valence-corrected chi connectivity index (χ4v) is 4.59. The number of hydrogen-bond donors (Lipinski definition) is 1. The molecule has 0 saturated carbocycles. The molecule has 2 atom stereocenters. The topological polar surface area (TPSA) is 44.8 Å². The van der Waals surface area contributed by atoms with Gasteiger partial charge in [-0.25, -0.2) is 4.39 Å². The average molecular weight is 451 g/mol. The molecular formula is C23H25F4N3O2. The third-order valence-electron chi connectivity index (χ3n) is 6.17. The van der Waals surface area contributed by atoms with E-state index in [1.807, 2.05) is 4.90 Å². The van der Waals surface area contributed by atoms with Crippen LogP contribution in [0.5, 0.6) is 0 Å². The molecule has 4 rings (SSSR count). The first-order chi connectivity index (χ1) is 15.3. The van der Waals surface area contributed by atoms with E-state index in [0.717, 1.165) is 23.5 Å².